The van der Waals surface area contributed by atoms with Crippen molar-refractivity contribution in [3.63, 3.8) is 0 Å². The van der Waals surface area contributed by atoms with Crippen LogP contribution in [0.1, 0.15) is 5.56 Å². The van der Waals surface area contributed by atoms with E-state index in [1.54, 1.807) is 10.6 Å². The first-order valence-electron chi connectivity index (χ1n) is 9.02. The number of ether oxygens (including phenoxy) is 1. The maximum absolute atomic E-state index is 13.5. The van der Waals surface area contributed by atoms with Crippen LogP contribution < -0.4 is 10.5 Å². The van der Waals surface area contributed by atoms with E-state index in [4.69, 9.17) is 9.72 Å². The number of para-hydroxylation sites is 1. The van der Waals surface area contributed by atoms with Crippen LogP contribution in [0.15, 0.2) is 72.0 Å². The fourth-order valence-corrected chi connectivity index (χ4v) is 3.32. The molecule has 27 heavy (non-hydrogen) atoms. The van der Waals surface area contributed by atoms with Gasteiger partial charge in [0.1, 0.15) is 11.6 Å². The fraction of sp³-hybridized carbons (Fsp3) is 0.182. The minimum atomic E-state index is -0.119. The van der Waals surface area contributed by atoms with E-state index in [1.165, 1.54) is 0 Å². The van der Waals surface area contributed by atoms with E-state index < -0.39 is 0 Å². The Morgan fingerprint density at radius 1 is 0.963 bits per heavy atom. The second-order valence-electron chi connectivity index (χ2n) is 6.32. The lowest BCUT2D eigenvalue weighted by atomic mass is 10.1. The predicted octanol–water partition coefficient (Wildman–Crippen LogP) is 3.38. The molecular formula is C22H21N3O2. The van der Waals surface area contributed by atoms with Crippen molar-refractivity contribution in [2.45, 2.75) is 0 Å². The van der Waals surface area contributed by atoms with Gasteiger partial charge in [0.05, 0.1) is 24.5 Å². The number of hydrogen-bond acceptors (Lipinski definition) is 4. The molecule has 5 heteroatoms. The van der Waals surface area contributed by atoms with Crippen LogP contribution in [0.5, 0.6) is 0 Å². The highest BCUT2D eigenvalue weighted by atomic mass is 16.5. The van der Waals surface area contributed by atoms with Gasteiger partial charge in [-0.15, -0.1) is 0 Å². The van der Waals surface area contributed by atoms with Crippen LogP contribution in [-0.4, -0.2) is 35.9 Å². The zero-order chi connectivity index (χ0) is 18.6. The molecule has 5 nitrogen and oxygen atoms in total. The van der Waals surface area contributed by atoms with E-state index in [0.29, 0.717) is 43.5 Å². The van der Waals surface area contributed by atoms with Crippen molar-refractivity contribution in [3.8, 4) is 17.1 Å². The molecule has 3 aromatic rings. The largest absolute Gasteiger partial charge is 0.378 e. The first-order chi connectivity index (χ1) is 13.3. The SMILES string of the molecule is C=Cc1c(N2CCOCC2)nc(-c2ccccc2)n(-c2ccccc2)c1=O. The third-order valence-electron chi connectivity index (χ3n) is 4.66. The quantitative estimate of drug-likeness (QED) is 0.716. The molecule has 2 aromatic carbocycles. The van der Waals surface area contributed by atoms with Gasteiger partial charge in [0.15, 0.2) is 0 Å². The molecule has 1 aliphatic heterocycles. The van der Waals surface area contributed by atoms with E-state index in [2.05, 4.69) is 11.5 Å². The van der Waals surface area contributed by atoms with Gasteiger partial charge >= 0.3 is 0 Å². The van der Waals surface area contributed by atoms with Gasteiger partial charge in [-0.2, -0.15) is 0 Å². The summed E-state index contributed by atoms with van der Waals surface area (Å²) >= 11 is 0. The van der Waals surface area contributed by atoms with Crippen LogP contribution >= 0.6 is 0 Å². The number of aromatic nitrogens is 2. The van der Waals surface area contributed by atoms with Gasteiger partial charge in [-0.3, -0.25) is 9.36 Å². The molecule has 136 valence electrons. The van der Waals surface area contributed by atoms with E-state index in [9.17, 15) is 4.79 Å². The van der Waals surface area contributed by atoms with Crippen LogP contribution in [0.2, 0.25) is 0 Å². The van der Waals surface area contributed by atoms with Crippen LogP contribution in [0.25, 0.3) is 23.2 Å². The minimum absolute atomic E-state index is 0.119. The summed E-state index contributed by atoms with van der Waals surface area (Å²) < 4.78 is 7.12. The topological polar surface area (TPSA) is 47.4 Å². The minimum Gasteiger partial charge on any atom is -0.378 e. The summed E-state index contributed by atoms with van der Waals surface area (Å²) in [4.78, 5) is 20.5. The maximum atomic E-state index is 13.5. The molecule has 2 heterocycles. The van der Waals surface area contributed by atoms with Crippen molar-refractivity contribution < 1.29 is 4.74 Å². The van der Waals surface area contributed by atoms with Crippen LogP contribution in [-0.2, 0) is 4.74 Å². The van der Waals surface area contributed by atoms with Crippen molar-refractivity contribution in [2.24, 2.45) is 0 Å². The Morgan fingerprint density at radius 2 is 1.59 bits per heavy atom. The van der Waals surface area contributed by atoms with Gasteiger partial charge in [-0.1, -0.05) is 61.2 Å². The van der Waals surface area contributed by atoms with Gasteiger partial charge in [-0.25, -0.2) is 4.98 Å². The lowest BCUT2D eigenvalue weighted by Gasteiger charge is -2.30. The fourth-order valence-electron chi connectivity index (χ4n) is 3.32. The molecule has 4 rings (SSSR count). The molecule has 0 atom stereocenters. The van der Waals surface area contributed by atoms with Crippen LogP contribution in [0, 0.1) is 0 Å². The summed E-state index contributed by atoms with van der Waals surface area (Å²) in [7, 11) is 0. The number of anilines is 1. The van der Waals surface area contributed by atoms with Crippen molar-refractivity contribution in [1.82, 2.24) is 9.55 Å². The molecule has 0 saturated carbocycles. The molecule has 0 amide bonds. The summed E-state index contributed by atoms with van der Waals surface area (Å²) in [6, 6.07) is 19.4. The predicted molar refractivity (Wildman–Crippen MR) is 108 cm³/mol. The molecule has 0 radical (unpaired) electrons. The van der Waals surface area contributed by atoms with E-state index in [-0.39, 0.29) is 5.56 Å². The van der Waals surface area contributed by atoms with Gasteiger partial charge in [0.25, 0.3) is 5.56 Å². The van der Waals surface area contributed by atoms with Gasteiger partial charge in [-0.05, 0) is 12.1 Å². The third-order valence-corrected chi connectivity index (χ3v) is 4.66. The molecule has 0 aliphatic carbocycles. The molecule has 1 aromatic heterocycles. The monoisotopic (exact) mass is 359 g/mol. The number of hydrogen-bond donors (Lipinski definition) is 0. The number of rotatable bonds is 4. The first-order valence-corrected chi connectivity index (χ1v) is 9.02. The Kier molecular flexibility index (Phi) is 4.85. The molecule has 1 fully saturated rings. The standard InChI is InChI=1S/C22H21N3O2/c1-2-19-21(24-13-15-27-16-14-24)23-20(17-9-5-3-6-10-17)25(22(19)26)18-11-7-4-8-12-18/h2-12H,1,13-16H2. The lowest BCUT2D eigenvalue weighted by Crippen LogP contribution is -2.39. The number of nitrogens with zero attached hydrogens (tertiary/aromatic N) is 3. The smallest absolute Gasteiger partial charge is 0.267 e. The molecule has 1 saturated heterocycles. The van der Waals surface area contributed by atoms with Gasteiger partial charge < -0.3 is 9.64 Å². The highest BCUT2D eigenvalue weighted by molar-refractivity contribution is 5.68. The normalized spacial score (nSPS) is 14.1. The Labute approximate surface area is 158 Å². The second kappa shape index (κ2) is 7.60. The van der Waals surface area contributed by atoms with Gasteiger partial charge in [0, 0.05) is 18.7 Å². The van der Waals surface area contributed by atoms with Crippen LogP contribution in [0.4, 0.5) is 5.82 Å². The van der Waals surface area contributed by atoms with Crippen molar-refractivity contribution in [1.29, 1.82) is 0 Å². The summed E-state index contributed by atoms with van der Waals surface area (Å²) in [6.45, 7) is 6.54. The molecule has 1 aliphatic rings. The van der Waals surface area contributed by atoms with Crippen molar-refractivity contribution in [2.75, 3.05) is 31.2 Å². The zero-order valence-electron chi connectivity index (χ0n) is 15.0. The van der Waals surface area contributed by atoms with E-state index in [0.717, 1.165) is 11.3 Å². The summed E-state index contributed by atoms with van der Waals surface area (Å²) in [5.41, 5.74) is 2.07. The molecule has 0 unspecified atom stereocenters. The Morgan fingerprint density at radius 3 is 2.22 bits per heavy atom. The van der Waals surface area contributed by atoms with E-state index in [1.807, 2.05) is 60.7 Å². The van der Waals surface area contributed by atoms with Crippen molar-refractivity contribution in [3.05, 3.63) is 83.2 Å². The molecule has 0 spiro atoms. The number of benzene rings is 2. The van der Waals surface area contributed by atoms with Crippen molar-refractivity contribution >= 4 is 11.9 Å². The Balaban J connectivity index is 2.00. The number of morpholine rings is 1. The Hall–Kier alpha value is -3.18. The maximum Gasteiger partial charge on any atom is 0.267 e. The molecule has 0 bridgehead atoms. The highest BCUT2D eigenvalue weighted by Gasteiger charge is 2.22. The van der Waals surface area contributed by atoms with E-state index >= 15 is 0 Å². The van der Waals surface area contributed by atoms with Gasteiger partial charge in [0.2, 0.25) is 0 Å². The third kappa shape index (κ3) is 3.29. The zero-order valence-corrected chi connectivity index (χ0v) is 15.0. The summed E-state index contributed by atoms with van der Waals surface area (Å²) in [5.74, 6) is 1.29. The Bertz CT molecular complexity index is 991. The first kappa shape index (κ1) is 17.2. The molecular weight excluding hydrogens is 338 g/mol. The summed E-state index contributed by atoms with van der Waals surface area (Å²) in [5, 5.41) is 0. The highest BCUT2D eigenvalue weighted by Crippen LogP contribution is 2.25. The lowest BCUT2D eigenvalue weighted by molar-refractivity contribution is 0.122. The van der Waals surface area contributed by atoms with Crippen LogP contribution in [0.3, 0.4) is 0 Å². The second-order valence-corrected chi connectivity index (χ2v) is 6.32. The average Bonchev–Trinajstić information content (AvgIpc) is 2.75. The molecule has 0 N–H and O–H groups in total. The summed E-state index contributed by atoms with van der Waals surface area (Å²) in [6.07, 6.45) is 1.61. The average molecular weight is 359 g/mol.